The predicted octanol–water partition coefficient (Wildman–Crippen LogP) is 10.3. The summed E-state index contributed by atoms with van der Waals surface area (Å²) in [5.41, 5.74) is -0.467. The van der Waals surface area contributed by atoms with Gasteiger partial charge in [-0.3, -0.25) is 4.79 Å². The maximum atomic E-state index is 14.1. The first-order valence-corrected chi connectivity index (χ1v) is 23.8. The van der Waals surface area contributed by atoms with E-state index < -0.39 is 78.5 Å². The third kappa shape index (κ3) is 14.2. The number of hydrogen-bond donors (Lipinski definition) is 0. The van der Waals surface area contributed by atoms with Crippen LogP contribution in [0, 0.1) is 0 Å². The third-order valence-corrected chi connectivity index (χ3v) is 11.5. The van der Waals surface area contributed by atoms with Crippen LogP contribution in [0.25, 0.3) is 11.0 Å². The van der Waals surface area contributed by atoms with Gasteiger partial charge in [-0.1, -0.05) is 131 Å². The van der Waals surface area contributed by atoms with Gasteiger partial charge in [0.15, 0.2) is 18.0 Å². The lowest BCUT2D eigenvalue weighted by Crippen LogP contribution is -2.63. The molecule has 0 amide bonds. The number of unbranched alkanes of at least 4 members (excludes halogenated alkanes) is 8. The maximum Gasteiger partial charge on any atom is 0.383 e. The fourth-order valence-corrected chi connectivity index (χ4v) is 7.93. The molecule has 2 heterocycles. The van der Waals surface area contributed by atoms with E-state index >= 15 is 0 Å². The fraction of sp³-hybridized carbons (Fsp3) is 0.321. The second-order valence-electron chi connectivity index (χ2n) is 16.8. The molecule has 15 nitrogen and oxygen atoms in total. The van der Waals surface area contributed by atoms with Crippen molar-refractivity contribution in [2.75, 3.05) is 13.2 Å². The Bertz CT molecular complexity index is 2760. The summed E-state index contributed by atoms with van der Waals surface area (Å²) in [6.45, 7) is 2.99. The van der Waals surface area contributed by atoms with Crippen LogP contribution in [0.5, 0.6) is 17.2 Å². The van der Waals surface area contributed by atoms with E-state index in [2.05, 4.69) is 6.92 Å². The average Bonchev–Trinajstić information content (AvgIpc) is 3.39. The fourth-order valence-electron chi connectivity index (χ4n) is 7.93. The second-order valence-corrected chi connectivity index (χ2v) is 16.8. The zero-order chi connectivity index (χ0) is 50.0. The van der Waals surface area contributed by atoms with Gasteiger partial charge in [-0.05, 0) is 67.1 Å². The van der Waals surface area contributed by atoms with Crippen molar-refractivity contribution in [3.63, 3.8) is 0 Å². The van der Waals surface area contributed by atoms with Crippen LogP contribution in [-0.4, -0.2) is 73.8 Å². The van der Waals surface area contributed by atoms with E-state index in [1.54, 1.807) is 84.9 Å². The molecule has 0 saturated carbocycles. The first-order valence-electron chi connectivity index (χ1n) is 23.8. The van der Waals surface area contributed by atoms with Gasteiger partial charge in [-0.15, -0.1) is 0 Å². The van der Waals surface area contributed by atoms with Crippen LogP contribution in [0.15, 0.2) is 149 Å². The SMILES string of the molecule is CCCCCCCCCCCOc1c(OC(C)=O)c(=O)oc2cc(O[C@H]3O[C@H](COC(=O)c4ccccc4)[C@@H](OC(=O)c4ccccc4)[C@H](OC(=O)c4ccccc4)[C@@H]3OC(=O)c3ccccc3)ccc12. The molecule has 0 unspecified atom stereocenters. The molecule has 1 saturated heterocycles. The summed E-state index contributed by atoms with van der Waals surface area (Å²) in [6.07, 6.45) is 1.60. The largest absolute Gasteiger partial charge is 0.489 e. The highest BCUT2D eigenvalue weighted by Gasteiger charge is 2.54. The molecule has 0 aliphatic carbocycles. The Kier molecular flexibility index (Phi) is 18.5. The normalized spacial score (nSPS) is 17.4. The van der Waals surface area contributed by atoms with Crippen molar-refractivity contribution in [2.45, 2.75) is 102 Å². The lowest BCUT2D eigenvalue weighted by Gasteiger charge is -2.44. The zero-order valence-electron chi connectivity index (χ0n) is 39.6. The molecule has 0 N–H and O–H groups in total. The Labute approximate surface area is 410 Å². The number of fused-ring (bicyclic) bond motifs is 1. The van der Waals surface area contributed by atoms with Crippen LogP contribution in [-0.2, 0) is 28.5 Å². The van der Waals surface area contributed by atoms with E-state index in [1.807, 2.05) is 0 Å². The first kappa shape index (κ1) is 51.1. The Balaban J connectivity index is 1.25. The number of carbonyl (C=O) groups excluding carboxylic acids is 5. The van der Waals surface area contributed by atoms with Gasteiger partial charge < -0.3 is 42.3 Å². The highest BCUT2D eigenvalue weighted by molar-refractivity contribution is 5.92. The Morgan fingerprint density at radius 2 is 1.01 bits per heavy atom. The van der Waals surface area contributed by atoms with Gasteiger partial charge >= 0.3 is 35.5 Å². The monoisotopic (exact) mass is 968 g/mol. The van der Waals surface area contributed by atoms with Crippen LogP contribution in [0.2, 0.25) is 0 Å². The molecule has 6 aromatic rings. The molecule has 5 aromatic carbocycles. The third-order valence-electron chi connectivity index (χ3n) is 11.5. The first-order chi connectivity index (χ1) is 34.6. The van der Waals surface area contributed by atoms with Crippen molar-refractivity contribution >= 4 is 40.8 Å². The summed E-state index contributed by atoms with van der Waals surface area (Å²) >= 11 is 0. The molecule has 1 aliphatic rings. The summed E-state index contributed by atoms with van der Waals surface area (Å²) in [5.74, 6) is -4.55. The number of benzene rings is 5. The van der Waals surface area contributed by atoms with Gasteiger partial charge in [0, 0.05) is 13.0 Å². The minimum absolute atomic E-state index is 0.00240. The molecule has 71 heavy (non-hydrogen) atoms. The van der Waals surface area contributed by atoms with Crippen molar-refractivity contribution in [3.8, 4) is 17.2 Å². The van der Waals surface area contributed by atoms with E-state index in [0.29, 0.717) is 6.42 Å². The number of ether oxygens (including phenoxy) is 8. The minimum Gasteiger partial charge on any atom is -0.489 e. The average molecular weight is 969 g/mol. The summed E-state index contributed by atoms with van der Waals surface area (Å²) in [7, 11) is 0. The molecule has 0 radical (unpaired) electrons. The molecule has 7 rings (SSSR count). The number of esters is 5. The summed E-state index contributed by atoms with van der Waals surface area (Å²) < 4.78 is 54.3. The number of hydrogen-bond acceptors (Lipinski definition) is 15. The van der Waals surface area contributed by atoms with E-state index in [4.69, 9.17) is 42.3 Å². The Morgan fingerprint density at radius 3 is 1.54 bits per heavy atom. The minimum atomic E-state index is -1.70. The standard InChI is InChI=1S/C56H56O15/c1-3-4-5-6-7-8-9-10-23-34-63-46-43-33-32-42(35-44(43)67-55(62)49(46)65-37(2)57)66-56-50(71-54(61)41-30-21-14-22-31-41)48(70-53(60)40-28-19-13-20-29-40)47(69-52(59)39-26-17-12-18-27-39)45(68-56)36-64-51(58)38-24-15-11-16-25-38/h11-22,24-33,35,45,47-48,50,56H,3-10,23,34,36H2,1-2H3/t45-,47-,48+,50+,56+/m1/s1. The van der Waals surface area contributed by atoms with Crippen LogP contribution >= 0.6 is 0 Å². The zero-order valence-corrected chi connectivity index (χ0v) is 39.6. The molecule has 0 bridgehead atoms. The smallest absolute Gasteiger partial charge is 0.383 e. The highest BCUT2D eigenvalue weighted by Crippen LogP contribution is 2.37. The highest BCUT2D eigenvalue weighted by atomic mass is 16.7. The maximum absolute atomic E-state index is 14.1. The van der Waals surface area contributed by atoms with Gasteiger partial charge in [-0.2, -0.15) is 0 Å². The Morgan fingerprint density at radius 1 is 0.535 bits per heavy atom. The van der Waals surface area contributed by atoms with E-state index in [-0.39, 0.29) is 51.3 Å². The molecule has 5 atom stereocenters. The van der Waals surface area contributed by atoms with Gasteiger partial charge in [0.2, 0.25) is 12.4 Å². The molecule has 370 valence electrons. The van der Waals surface area contributed by atoms with Gasteiger partial charge in [-0.25, -0.2) is 24.0 Å². The van der Waals surface area contributed by atoms with Crippen LogP contribution in [0.3, 0.4) is 0 Å². The summed E-state index contributed by atoms with van der Waals surface area (Å²) in [5, 5.41) is 0.272. The molecular formula is C56H56O15. The molecular weight excluding hydrogens is 913 g/mol. The summed E-state index contributed by atoms with van der Waals surface area (Å²) in [6, 6.07) is 36.5. The molecule has 0 spiro atoms. The predicted molar refractivity (Wildman–Crippen MR) is 259 cm³/mol. The topological polar surface area (TPSA) is 189 Å². The second kappa shape index (κ2) is 25.7. The van der Waals surface area contributed by atoms with Crippen LogP contribution < -0.4 is 19.8 Å². The van der Waals surface area contributed by atoms with E-state index in [1.165, 1.54) is 86.7 Å². The van der Waals surface area contributed by atoms with Gasteiger partial charge in [0.1, 0.15) is 24.0 Å². The Hall–Kier alpha value is -7.78. The van der Waals surface area contributed by atoms with Crippen LogP contribution in [0.1, 0.15) is 113 Å². The van der Waals surface area contributed by atoms with Gasteiger partial charge in [0.05, 0.1) is 34.2 Å². The molecule has 15 heteroatoms. The lowest BCUT2D eigenvalue weighted by atomic mass is 9.97. The number of carbonyl (C=O) groups is 5. The molecule has 1 aliphatic heterocycles. The van der Waals surface area contributed by atoms with Crippen molar-refractivity contribution in [1.82, 2.24) is 0 Å². The van der Waals surface area contributed by atoms with E-state index in [0.717, 1.165) is 26.2 Å². The van der Waals surface area contributed by atoms with Crippen molar-refractivity contribution < 1.29 is 66.3 Å². The number of rotatable bonds is 23. The quantitative estimate of drug-likeness (QED) is 0.0255. The van der Waals surface area contributed by atoms with Gasteiger partial charge in [0.25, 0.3) is 5.75 Å². The van der Waals surface area contributed by atoms with Crippen molar-refractivity contribution in [3.05, 3.63) is 172 Å². The van der Waals surface area contributed by atoms with Crippen molar-refractivity contribution in [2.24, 2.45) is 0 Å². The van der Waals surface area contributed by atoms with E-state index in [9.17, 15) is 28.8 Å². The molecule has 1 fully saturated rings. The lowest BCUT2D eigenvalue weighted by molar-refractivity contribution is -0.275. The van der Waals surface area contributed by atoms with Crippen LogP contribution in [0.4, 0.5) is 0 Å². The summed E-state index contributed by atoms with van der Waals surface area (Å²) in [4.78, 5) is 81.1. The van der Waals surface area contributed by atoms with Crippen molar-refractivity contribution in [1.29, 1.82) is 0 Å². The molecule has 1 aromatic heterocycles.